The summed E-state index contributed by atoms with van der Waals surface area (Å²) >= 11 is 0. The lowest BCUT2D eigenvalue weighted by molar-refractivity contribution is -0.141. The fourth-order valence-corrected chi connectivity index (χ4v) is 4.32. The summed E-state index contributed by atoms with van der Waals surface area (Å²) in [6.07, 6.45) is 2.79. The topological polar surface area (TPSA) is 71.8 Å². The maximum absolute atomic E-state index is 13.3. The predicted octanol–water partition coefficient (Wildman–Crippen LogP) is 4.46. The van der Waals surface area contributed by atoms with Gasteiger partial charge in [0, 0.05) is 17.7 Å². The number of ether oxygens (including phenoxy) is 1. The minimum Gasteiger partial charge on any atom is -0.467 e. The molecule has 0 bridgehead atoms. The molecule has 0 saturated carbocycles. The zero-order chi connectivity index (χ0) is 20.6. The number of furan rings is 1. The van der Waals surface area contributed by atoms with Crippen LogP contribution in [0.3, 0.4) is 0 Å². The lowest BCUT2D eigenvalue weighted by atomic mass is 9.74. The van der Waals surface area contributed by atoms with Crippen molar-refractivity contribution in [1.82, 2.24) is 0 Å². The Morgan fingerprint density at radius 2 is 2.03 bits per heavy atom. The molecule has 0 radical (unpaired) electrons. The summed E-state index contributed by atoms with van der Waals surface area (Å²) < 4.78 is 11.0. The third-order valence-corrected chi connectivity index (χ3v) is 5.42. The number of fused-ring (bicyclic) bond motifs is 1. The molecule has 1 aromatic carbocycles. The number of ketones is 1. The molecule has 0 spiro atoms. The normalized spacial score (nSPS) is 20.4. The predicted molar refractivity (Wildman–Crippen MR) is 111 cm³/mol. The van der Waals surface area contributed by atoms with Gasteiger partial charge in [-0.25, -0.2) is 0 Å². The lowest BCUT2D eigenvalue weighted by Gasteiger charge is -2.36. The van der Waals surface area contributed by atoms with Crippen LogP contribution < -0.4 is 10.2 Å². The van der Waals surface area contributed by atoms with E-state index in [0.717, 1.165) is 23.5 Å². The molecule has 4 rings (SSSR count). The van der Waals surface area contributed by atoms with E-state index < -0.39 is 6.04 Å². The number of carbonyl (C=O) groups is 2. The molecule has 1 aromatic heterocycles. The van der Waals surface area contributed by atoms with Gasteiger partial charge in [-0.15, -0.1) is 0 Å². The van der Waals surface area contributed by atoms with Crippen molar-refractivity contribution in [3.8, 4) is 0 Å². The van der Waals surface area contributed by atoms with Crippen LogP contribution in [-0.2, 0) is 14.3 Å². The van der Waals surface area contributed by atoms with Crippen molar-refractivity contribution in [3.63, 3.8) is 0 Å². The molecular weight excluding hydrogens is 368 g/mol. The number of hydrogen-bond acceptors (Lipinski definition) is 6. The van der Waals surface area contributed by atoms with Crippen LogP contribution >= 0.6 is 0 Å². The fraction of sp³-hybridized carbons (Fsp3) is 0.391. The first-order valence-corrected chi connectivity index (χ1v) is 9.97. The molecular formula is C23H26N2O4. The molecule has 1 aliphatic heterocycles. The quantitative estimate of drug-likeness (QED) is 0.772. The maximum Gasteiger partial charge on any atom is 0.325 e. The molecule has 0 amide bonds. The Kier molecular flexibility index (Phi) is 4.94. The summed E-state index contributed by atoms with van der Waals surface area (Å²) in [5.74, 6) is 0.367. The Morgan fingerprint density at radius 3 is 2.76 bits per heavy atom. The summed E-state index contributed by atoms with van der Waals surface area (Å²) in [5.41, 5.74) is 3.12. The van der Waals surface area contributed by atoms with Gasteiger partial charge in [-0.3, -0.25) is 9.59 Å². The molecule has 0 fully saturated rings. The summed E-state index contributed by atoms with van der Waals surface area (Å²) in [6, 6.07) is 10.9. The van der Waals surface area contributed by atoms with Gasteiger partial charge in [-0.05, 0) is 43.0 Å². The lowest BCUT2D eigenvalue weighted by Crippen LogP contribution is -2.39. The molecule has 0 saturated heterocycles. The molecule has 2 aliphatic rings. The number of carbonyl (C=O) groups excluding carboxylic acids is 2. The zero-order valence-corrected chi connectivity index (χ0v) is 17.0. The van der Waals surface area contributed by atoms with E-state index >= 15 is 0 Å². The highest BCUT2D eigenvalue weighted by Crippen LogP contribution is 2.48. The van der Waals surface area contributed by atoms with Crippen LogP contribution in [0.5, 0.6) is 0 Å². The fourth-order valence-electron chi connectivity index (χ4n) is 4.32. The van der Waals surface area contributed by atoms with Gasteiger partial charge in [0.15, 0.2) is 5.78 Å². The van der Waals surface area contributed by atoms with Gasteiger partial charge in [-0.1, -0.05) is 26.0 Å². The van der Waals surface area contributed by atoms with Crippen molar-refractivity contribution >= 4 is 23.1 Å². The number of allylic oxidation sites excluding steroid dienone is 1. The van der Waals surface area contributed by atoms with E-state index in [-0.39, 0.29) is 23.7 Å². The number of Topliss-reactive ketones (excluding diaryl/α,β-unsaturated/α-hetero) is 1. The third-order valence-electron chi connectivity index (χ3n) is 5.42. The van der Waals surface area contributed by atoms with Crippen LogP contribution in [0, 0.1) is 5.41 Å². The molecule has 1 atom stereocenters. The van der Waals surface area contributed by atoms with Crippen molar-refractivity contribution in [2.45, 2.75) is 39.7 Å². The van der Waals surface area contributed by atoms with Crippen molar-refractivity contribution in [1.29, 1.82) is 0 Å². The number of benzene rings is 1. The van der Waals surface area contributed by atoms with Gasteiger partial charge < -0.3 is 19.4 Å². The number of esters is 1. The first-order valence-electron chi connectivity index (χ1n) is 9.97. The Bertz CT molecular complexity index is 959. The van der Waals surface area contributed by atoms with Crippen molar-refractivity contribution < 1.29 is 18.7 Å². The number of rotatable bonds is 4. The second-order valence-electron chi connectivity index (χ2n) is 8.33. The van der Waals surface area contributed by atoms with E-state index in [2.05, 4.69) is 19.2 Å². The molecule has 152 valence electrons. The van der Waals surface area contributed by atoms with Crippen LogP contribution in [0.25, 0.3) is 0 Å². The van der Waals surface area contributed by atoms with Crippen LogP contribution in [-0.4, -0.2) is 24.9 Å². The van der Waals surface area contributed by atoms with Crippen molar-refractivity contribution in [3.05, 3.63) is 59.7 Å². The highest BCUT2D eigenvalue weighted by atomic mass is 16.5. The van der Waals surface area contributed by atoms with Gasteiger partial charge in [0.05, 0.1) is 24.2 Å². The van der Waals surface area contributed by atoms with Crippen LogP contribution in [0.15, 0.2) is 58.3 Å². The van der Waals surface area contributed by atoms with Crippen molar-refractivity contribution in [2.75, 3.05) is 23.4 Å². The molecule has 2 heterocycles. The van der Waals surface area contributed by atoms with Gasteiger partial charge in [0.1, 0.15) is 18.3 Å². The van der Waals surface area contributed by atoms with Gasteiger partial charge in [-0.2, -0.15) is 0 Å². The number of nitrogens with zero attached hydrogens (tertiary/aromatic N) is 1. The van der Waals surface area contributed by atoms with Gasteiger partial charge >= 0.3 is 5.97 Å². The van der Waals surface area contributed by atoms with Crippen LogP contribution in [0.4, 0.5) is 11.4 Å². The number of hydrogen-bond donors (Lipinski definition) is 1. The Hall–Kier alpha value is -3.02. The summed E-state index contributed by atoms with van der Waals surface area (Å²) in [7, 11) is 0. The van der Waals surface area contributed by atoms with Gasteiger partial charge in [0.2, 0.25) is 0 Å². The minimum absolute atomic E-state index is 0.0192. The molecule has 6 nitrogen and oxygen atoms in total. The van der Waals surface area contributed by atoms with E-state index in [1.165, 1.54) is 0 Å². The third kappa shape index (κ3) is 3.67. The Morgan fingerprint density at radius 1 is 1.24 bits per heavy atom. The number of nitrogens with one attached hydrogen (secondary N) is 1. The van der Waals surface area contributed by atoms with E-state index in [9.17, 15) is 9.59 Å². The first kappa shape index (κ1) is 19.3. The zero-order valence-electron chi connectivity index (χ0n) is 17.0. The Balaban J connectivity index is 1.91. The maximum atomic E-state index is 13.3. The SMILES string of the molecule is CCOC(=O)CN1c2ccccc2NC2=C(C(=O)CC(C)(C)C2)C1c1ccco1. The molecule has 1 unspecified atom stereocenters. The number of anilines is 2. The molecule has 6 heteroatoms. The largest absolute Gasteiger partial charge is 0.467 e. The summed E-state index contributed by atoms with van der Waals surface area (Å²) in [4.78, 5) is 27.7. The monoisotopic (exact) mass is 394 g/mol. The smallest absolute Gasteiger partial charge is 0.325 e. The highest BCUT2D eigenvalue weighted by molar-refractivity contribution is 6.01. The summed E-state index contributed by atoms with van der Waals surface area (Å²) in [5, 5.41) is 3.50. The van der Waals surface area contributed by atoms with E-state index in [1.54, 1.807) is 19.3 Å². The van der Waals surface area contributed by atoms with E-state index in [4.69, 9.17) is 9.15 Å². The summed E-state index contributed by atoms with van der Waals surface area (Å²) in [6.45, 7) is 6.31. The standard InChI is InChI=1S/C23H26N2O4/c1-4-28-20(27)14-25-17-9-6-5-8-15(17)24-16-12-23(2,3)13-18(26)21(16)22(25)19-10-7-11-29-19/h5-11,22,24H,4,12-14H2,1-3H3. The van der Waals surface area contributed by atoms with Gasteiger partial charge in [0.25, 0.3) is 0 Å². The van der Waals surface area contributed by atoms with E-state index in [0.29, 0.717) is 24.4 Å². The van der Waals surface area contributed by atoms with Crippen molar-refractivity contribution in [2.24, 2.45) is 5.41 Å². The van der Waals surface area contributed by atoms with Crippen LogP contribution in [0.2, 0.25) is 0 Å². The second kappa shape index (κ2) is 7.43. The average Bonchev–Trinajstić information content (AvgIpc) is 3.13. The molecule has 1 aliphatic carbocycles. The first-order chi connectivity index (χ1) is 13.9. The van der Waals surface area contributed by atoms with Crippen LogP contribution in [0.1, 0.15) is 45.4 Å². The molecule has 2 aromatic rings. The minimum atomic E-state index is -0.496. The Labute approximate surface area is 170 Å². The molecule has 29 heavy (non-hydrogen) atoms. The number of para-hydroxylation sites is 2. The molecule has 1 N–H and O–H groups in total. The van der Waals surface area contributed by atoms with E-state index in [1.807, 2.05) is 35.2 Å². The second-order valence-corrected chi connectivity index (χ2v) is 8.33. The average molecular weight is 394 g/mol. The highest BCUT2D eigenvalue weighted by Gasteiger charge is 2.43.